The summed E-state index contributed by atoms with van der Waals surface area (Å²) in [6, 6.07) is 12.0. The molecule has 0 bridgehead atoms. The van der Waals surface area contributed by atoms with E-state index in [0.717, 1.165) is 27.8 Å². The number of carbonyl (C=O) groups is 1. The van der Waals surface area contributed by atoms with Crippen LogP contribution >= 0.6 is 0 Å². The minimum absolute atomic E-state index is 0.0446. The molecule has 0 unspecified atom stereocenters. The Hall–Kier alpha value is -2.45. The lowest BCUT2D eigenvalue weighted by Gasteiger charge is -2.20. The summed E-state index contributed by atoms with van der Waals surface area (Å²) in [5, 5.41) is 2.72. The maximum Gasteiger partial charge on any atom is 0.243 e. The van der Waals surface area contributed by atoms with E-state index in [4.69, 9.17) is 4.74 Å². The van der Waals surface area contributed by atoms with E-state index >= 15 is 0 Å². The average molecular weight is 394 g/mol. The van der Waals surface area contributed by atoms with E-state index < -0.39 is 21.7 Å². The molecule has 2 aromatic carbocycles. The van der Waals surface area contributed by atoms with Gasteiger partial charge in [-0.25, -0.2) is 12.8 Å². The summed E-state index contributed by atoms with van der Waals surface area (Å²) in [5.41, 5.74) is 1.03. The van der Waals surface area contributed by atoms with Gasteiger partial charge in [-0.05, 0) is 48.4 Å². The molecule has 2 aromatic rings. The first kappa shape index (κ1) is 20.9. The Labute approximate surface area is 159 Å². The Bertz CT molecular complexity index is 852. The molecule has 2 rings (SSSR count). The van der Waals surface area contributed by atoms with Gasteiger partial charge in [-0.3, -0.25) is 4.79 Å². The predicted octanol–water partition coefficient (Wildman–Crippen LogP) is 2.20. The second-order valence-electron chi connectivity index (χ2n) is 5.83. The van der Waals surface area contributed by atoms with Gasteiger partial charge < -0.3 is 10.1 Å². The Kier molecular flexibility index (Phi) is 7.32. The van der Waals surface area contributed by atoms with Gasteiger partial charge in [0.1, 0.15) is 11.6 Å². The molecular formula is C19H23FN2O4S. The molecule has 146 valence electrons. The zero-order valence-electron chi connectivity index (χ0n) is 15.3. The molecule has 0 saturated heterocycles. The summed E-state index contributed by atoms with van der Waals surface area (Å²) in [7, 11) is -2.26. The number of sulfonamides is 1. The van der Waals surface area contributed by atoms with Gasteiger partial charge in [-0.2, -0.15) is 4.31 Å². The third-order valence-corrected chi connectivity index (χ3v) is 5.95. The van der Waals surface area contributed by atoms with Crippen LogP contribution < -0.4 is 10.1 Å². The molecule has 0 aliphatic carbocycles. The highest BCUT2D eigenvalue weighted by Gasteiger charge is 2.25. The number of benzene rings is 2. The number of likely N-dealkylation sites (N-methyl/N-ethyl adjacent to an activating group) is 1. The first-order valence-electron chi connectivity index (χ1n) is 8.52. The van der Waals surface area contributed by atoms with Crippen molar-refractivity contribution in [1.29, 1.82) is 0 Å². The van der Waals surface area contributed by atoms with Crippen LogP contribution in [0.5, 0.6) is 5.75 Å². The number of hydrogen-bond donors (Lipinski definition) is 1. The molecule has 0 aromatic heterocycles. The van der Waals surface area contributed by atoms with Crippen molar-refractivity contribution in [3.63, 3.8) is 0 Å². The second kappa shape index (κ2) is 9.48. The lowest BCUT2D eigenvalue weighted by molar-refractivity contribution is -0.121. The van der Waals surface area contributed by atoms with Crippen LogP contribution in [-0.2, 0) is 21.2 Å². The molecule has 0 atom stereocenters. The van der Waals surface area contributed by atoms with Crippen LogP contribution in [0.4, 0.5) is 4.39 Å². The SMILES string of the molecule is CCN(CC(=O)NCCc1ccc(OC)cc1)S(=O)(=O)c1ccc(F)cc1. The van der Waals surface area contributed by atoms with Crippen molar-refractivity contribution < 1.29 is 22.3 Å². The van der Waals surface area contributed by atoms with E-state index in [1.165, 1.54) is 12.1 Å². The number of nitrogens with zero attached hydrogens (tertiary/aromatic N) is 1. The molecule has 0 aliphatic rings. The van der Waals surface area contributed by atoms with Crippen LogP contribution in [-0.4, -0.2) is 45.4 Å². The molecule has 27 heavy (non-hydrogen) atoms. The normalized spacial score (nSPS) is 11.4. The van der Waals surface area contributed by atoms with Crippen LogP contribution in [0.25, 0.3) is 0 Å². The summed E-state index contributed by atoms with van der Waals surface area (Å²) in [6.07, 6.45) is 0.618. The summed E-state index contributed by atoms with van der Waals surface area (Å²) in [5.74, 6) is -0.156. The standard InChI is InChI=1S/C19H23FN2O4S/c1-3-22(27(24,25)18-10-6-16(20)7-11-18)14-19(23)21-13-12-15-4-8-17(26-2)9-5-15/h4-11H,3,12-14H2,1-2H3,(H,21,23). The molecule has 0 fully saturated rings. The molecule has 0 heterocycles. The minimum atomic E-state index is -3.86. The van der Waals surface area contributed by atoms with E-state index in [1.54, 1.807) is 14.0 Å². The number of carbonyl (C=O) groups excluding carboxylic acids is 1. The van der Waals surface area contributed by atoms with Crippen molar-refractivity contribution in [1.82, 2.24) is 9.62 Å². The van der Waals surface area contributed by atoms with Crippen molar-refractivity contribution in [3.05, 3.63) is 59.9 Å². The first-order chi connectivity index (χ1) is 12.9. The lowest BCUT2D eigenvalue weighted by atomic mass is 10.1. The molecule has 8 heteroatoms. The number of ether oxygens (including phenoxy) is 1. The second-order valence-corrected chi connectivity index (χ2v) is 7.77. The zero-order valence-corrected chi connectivity index (χ0v) is 16.1. The largest absolute Gasteiger partial charge is 0.497 e. The highest BCUT2D eigenvalue weighted by Crippen LogP contribution is 2.16. The fourth-order valence-corrected chi connectivity index (χ4v) is 3.88. The Morgan fingerprint density at radius 1 is 1.11 bits per heavy atom. The number of hydrogen-bond acceptors (Lipinski definition) is 4. The van der Waals surface area contributed by atoms with Gasteiger partial charge >= 0.3 is 0 Å². The predicted molar refractivity (Wildman–Crippen MR) is 101 cm³/mol. The van der Waals surface area contributed by atoms with Crippen molar-refractivity contribution in [2.24, 2.45) is 0 Å². The van der Waals surface area contributed by atoms with Gasteiger partial charge in [0.25, 0.3) is 0 Å². The summed E-state index contributed by atoms with van der Waals surface area (Å²) in [4.78, 5) is 12.1. The van der Waals surface area contributed by atoms with E-state index in [9.17, 15) is 17.6 Å². The Morgan fingerprint density at radius 2 is 1.74 bits per heavy atom. The summed E-state index contributed by atoms with van der Waals surface area (Å²) < 4.78 is 44.3. The van der Waals surface area contributed by atoms with E-state index in [1.807, 2.05) is 24.3 Å². The number of rotatable bonds is 9. The molecule has 0 aliphatic heterocycles. The lowest BCUT2D eigenvalue weighted by Crippen LogP contribution is -2.41. The number of methoxy groups -OCH3 is 1. The number of amides is 1. The Morgan fingerprint density at radius 3 is 2.30 bits per heavy atom. The molecule has 0 spiro atoms. The van der Waals surface area contributed by atoms with Crippen LogP contribution in [0.15, 0.2) is 53.4 Å². The van der Waals surface area contributed by atoms with Gasteiger partial charge in [0, 0.05) is 13.1 Å². The van der Waals surface area contributed by atoms with Crippen molar-refractivity contribution in [2.45, 2.75) is 18.2 Å². The maximum absolute atomic E-state index is 13.0. The number of halogens is 1. The van der Waals surface area contributed by atoms with E-state index in [0.29, 0.717) is 13.0 Å². The van der Waals surface area contributed by atoms with Gasteiger partial charge in [0.2, 0.25) is 15.9 Å². The van der Waals surface area contributed by atoms with Crippen LogP contribution in [0.3, 0.4) is 0 Å². The highest BCUT2D eigenvalue weighted by atomic mass is 32.2. The van der Waals surface area contributed by atoms with Crippen LogP contribution in [0, 0.1) is 5.82 Å². The first-order valence-corrected chi connectivity index (χ1v) is 9.96. The fraction of sp³-hybridized carbons (Fsp3) is 0.316. The molecule has 1 amide bonds. The molecular weight excluding hydrogens is 371 g/mol. The van der Waals surface area contributed by atoms with Crippen molar-refractivity contribution >= 4 is 15.9 Å². The third-order valence-electron chi connectivity index (χ3n) is 4.02. The molecule has 0 saturated carbocycles. The summed E-state index contributed by atoms with van der Waals surface area (Å²) >= 11 is 0. The zero-order chi connectivity index (χ0) is 19.9. The van der Waals surface area contributed by atoms with Gasteiger partial charge in [0.05, 0.1) is 18.6 Å². The van der Waals surface area contributed by atoms with E-state index in [-0.39, 0.29) is 18.0 Å². The van der Waals surface area contributed by atoms with Gasteiger partial charge in [-0.15, -0.1) is 0 Å². The highest BCUT2D eigenvalue weighted by molar-refractivity contribution is 7.89. The van der Waals surface area contributed by atoms with Crippen LogP contribution in [0.2, 0.25) is 0 Å². The van der Waals surface area contributed by atoms with E-state index in [2.05, 4.69) is 5.32 Å². The van der Waals surface area contributed by atoms with Crippen LogP contribution in [0.1, 0.15) is 12.5 Å². The molecule has 6 nitrogen and oxygen atoms in total. The van der Waals surface area contributed by atoms with Gasteiger partial charge in [0.15, 0.2) is 0 Å². The smallest absolute Gasteiger partial charge is 0.243 e. The van der Waals surface area contributed by atoms with Crippen molar-refractivity contribution in [2.75, 3.05) is 26.7 Å². The monoisotopic (exact) mass is 394 g/mol. The topological polar surface area (TPSA) is 75.7 Å². The average Bonchev–Trinajstić information content (AvgIpc) is 2.67. The minimum Gasteiger partial charge on any atom is -0.497 e. The fourth-order valence-electron chi connectivity index (χ4n) is 2.48. The van der Waals surface area contributed by atoms with Crippen molar-refractivity contribution in [3.8, 4) is 5.75 Å². The Balaban J connectivity index is 1.90. The molecule has 1 N–H and O–H groups in total. The quantitative estimate of drug-likeness (QED) is 0.708. The molecule has 0 radical (unpaired) electrons. The van der Waals surface area contributed by atoms with Gasteiger partial charge in [-0.1, -0.05) is 19.1 Å². The summed E-state index contributed by atoms with van der Waals surface area (Å²) in [6.45, 7) is 1.87. The third kappa shape index (κ3) is 5.77. The maximum atomic E-state index is 13.0. The number of nitrogens with one attached hydrogen (secondary N) is 1.